The number of phenols is 1. The van der Waals surface area contributed by atoms with Crippen LogP contribution in [0.5, 0.6) is 5.75 Å². The van der Waals surface area contributed by atoms with Gasteiger partial charge in [-0.25, -0.2) is 0 Å². The van der Waals surface area contributed by atoms with E-state index in [-0.39, 0.29) is 0 Å². The number of benzene rings is 1. The molecule has 0 amide bonds. The second-order valence-corrected chi connectivity index (χ2v) is 6.73. The van der Waals surface area contributed by atoms with Gasteiger partial charge in [-0.2, -0.15) is 0 Å². The van der Waals surface area contributed by atoms with E-state index in [4.69, 9.17) is 0 Å². The standard InChI is InChI=1S/C18H28N2O/c1-15(14-16-6-8-18(21)9-7-16)19-10-12-20(13-11-19)17-4-2-3-5-17/h6-9,15,17,21H,2-5,10-14H2,1H3. The first kappa shape index (κ1) is 14.9. The highest BCUT2D eigenvalue weighted by Gasteiger charge is 2.27. The molecule has 0 radical (unpaired) electrons. The smallest absolute Gasteiger partial charge is 0.115 e. The van der Waals surface area contributed by atoms with Crippen LogP contribution >= 0.6 is 0 Å². The zero-order chi connectivity index (χ0) is 14.7. The molecule has 1 aromatic rings. The number of rotatable bonds is 4. The second kappa shape index (κ2) is 6.80. The molecule has 3 heteroatoms. The second-order valence-electron chi connectivity index (χ2n) is 6.73. The summed E-state index contributed by atoms with van der Waals surface area (Å²) in [6.07, 6.45) is 6.78. The number of aromatic hydroxyl groups is 1. The molecule has 1 unspecified atom stereocenters. The van der Waals surface area contributed by atoms with E-state index in [0.29, 0.717) is 11.8 Å². The van der Waals surface area contributed by atoms with Crippen LogP contribution in [0, 0.1) is 0 Å². The van der Waals surface area contributed by atoms with E-state index in [0.717, 1.165) is 12.5 Å². The van der Waals surface area contributed by atoms with Crippen molar-refractivity contribution in [3.8, 4) is 5.75 Å². The zero-order valence-corrected chi connectivity index (χ0v) is 13.2. The average molecular weight is 288 g/mol. The van der Waals surface area contributed by atoms with Crippen molar-refractivity contribution < 1.29 is 5.11 Å². The Morgan fingerprint density at radius 1 is 1.05 bits per heavy atom. The summed E-state index contributed by atoms with van der Waals surface area (Å²) >= 11 is 0. The van der Waals surface area contributed by atoms with Gasteiger partial charge in [0.05, 0.1) is 0 Å². The molecule has 1 aliphatic carbocycles. The van der Waals surface area contributed by atoms with Crippen LogP contribution in [0.2, 0.25) is 0 Å². The topological polar surface area (TPSA) is 26.7 Å². The van der Waals surface area contributed by atoms with E-state index < -0.39 is 0 Å². The van der Waals surface area contributed by atoms with Crippen LogP contribution in [0.3, 0.4) is 0 Å². The Morgan fingerprint density at radius 2 is 1.67 bits per heavy atom. The Hall–Kier alpha value is -1.06. The van der Waals surface area contributed by atoms with Crippen molar-refractivity contribution in [3.63, 3.8) is 0 Å². The molecule has 116 valence electrons. The Balaban J connectivity index is 1.48. The Labute approximate surface area is 128 Å². The number of hydrogen-bond acceptors (Lipinski definition) is 3. The van der Waals surface area contributed by atoms with Crippen molar-refractivity contribution >= 4 is 0 Å². The number of hydrogen-bond donors (Lipinski definition) is 1. The highest BCUT2D eigenvalue weighted by Crippen LogP contribution is 2.25. The van der Waals surface area contributed by atoms with Gasteiger partial charge in [0.1, 0.15) is 5.75 Å². The number of piperazine rings is 1. The van der Waals surface area contributed by atoms with Gasteiger partial charge in [0.25, 0.3) is 0 Å². The predicted octanol–water partition coefficient (Wildman–Crippen LogP) is 2.88. The quantitative estimate of drug-likeness (QED) is 0.923. The summed E-state index contributed by atoms with van der Waals surface area (Å²) in [6, 6.07) is 9.13. The molecule has 3 rings (SSSR count). The van der Waals surface area contributed by atoms with Crippen LogP contribution in [0.4, 0.5) is 0 Å². The van der Waals surface area contributed by atoms with E-state index in [1.165, 1.54) is 57.4 Å². The van der Waals surface area contributed by atoms with Crippen molar-refractivity contribution in [1.29, 1.82) is 0 Å². The molecule has 2 fully saturated rings. The number of phenolic OH excluding ortho intramolecular Hbond substituents is 1. The van der Waals surface area contributed by atoms with E-state index in [1.807, 2.05) is 12.1 Å². The highest BCUT2D eigenvalue weighted by atomic mass is 16.3. The molecule has 1 aliphatic heterocycles. The summed E-state index contributed by atoms with van der Waals surface area (Å²) in [5, 5.41) is 9.36. The van der Waals surface area contributed by atoms with Crippen molar-refractivity contribution in [2.45, 2.75) is 51.1 Å². The van der Waals surface area contributed by atoms with Crippen molar-refractivity contribution in [2.75, 3.05) is 26.2 Å². The van der Waals surface area contributed by atoms with Crippen LogP contribution in [0.1, 0.15) is 38.2 Å². The molecule has 21 heavy (non-hydrogen) atoms. The van der Waals surface area contributed by atoms with Gasteiger partial charge in [-0.3, -0.25) is 9.80 Å². The molecule has 1 saturated heterocycles. The van der Waals surface area contributed by atoms with Gasteiger partial charge < -0.3 is 5.11 Å². The van der Waals surface area contributed by atoms with E-state index in [2.05, 4.69) is 16.7 Å². The molecule has 1 saturated carbocycles. The summed E-state index contributed by atoms with van der Waals surface area (Å²) in [4.78, 5) is 5.34. The summed E-state index contributed by atoms with van der Waals surface area (Å²) in [7, 11) is 0. The minimum Gasteiger partial charge on any atom is -0.508 e. The van der Waals surface area contributed by atoms with Gasteiger partial charge in [-0.05, 0) is 43.9 Å². The fourth-order valence-electron chi connectivity index (χ4n) is 3.91. The van der Waals surface area contributed by atoms with E-state index in [9.17, 15) is 5.11 Å². The van der Waals surface area contributed by atoms with E-state index in [1.54, 1.807) is 12.1 Å². The van der Waals surface area contributed by atoms with Crippen molar-refractivity contribution in [1.82, 2.24) is 9.80 Å². The third-order valence-electron chi connectivity index (χ3n) is 5.28. The van der Waals surface area contributed by atoms with Crippen LogP contribution in [-0.4, -0.2) is 53.2 Å². The summed E-state index contributed by atoms with van der Waals surface area (Å²) in [6.45, 7) is 7.22. The first-order valence-electron chi connectivity index (χ1n) is 8.48. The van der Waals surface area contributed by atoms with E-state index >= 15 is 0 Å². The minimum absolute atomic E-state index is 0.358. The first-order chi connectivity index (χ1) is 10.2. The lowest BCUT2D eigenvalue weighted by atomic mass is 10.0. The van der Waals surface area contributed by atoms with Gasteiger partial charge in [0, 0.05) is 38.3 Å². The lowest BCUT2D eigenvalue weighted by Gasteiger charge is -2.40. The fourth-order valence-corrected chi connectivity index (χ4v) is 3.91. The van der Waals surface area contributed by atoms with Gasteiger partial charge in [-0.1, -0.05) is 25.0 Å². The Kier molecular flexibility index (Phi) is 4.81. The summed E-state index contributed by atoms with van der Waals surface area (Å²) in [5.74, 6) is 0.358. The molecule has 3 nitrogen and oxygen atoms in total. The molecule has 1 atom stereocenters. The molecule has 1 heterocycles. The predicted molar refractivity (Wildman–Crippen MR) is 86.7 cm³/mol. The number of nitrogens with zero attached hydrogens (tertiary/aromatic N) is 2. The lowest BCUT2D eigenvalue weighted by Crippen LogP contribution is -2.52. The maximum absolute atomic E-state index is 9.36. The molecular formula is C18H28N2O. The highest BCUT2D eigenvalue weighted by molar-refractivity contribution is 5.26. The first-order valence-corrected chi connectivity index (χ1v) is 8.48. The van der Waals surface area contributed by atoms with Gasteiger partial charge >= 0.3 is 0 Å². The molecule has 0 bridgehead atoms. The van der Waals surface area contributed by atoms with Crippen LogP contribution in [0.25, 0.3) is 0 Å². The lowest BCUT2D eigenvalue weighted by molar-refractivity contribution is 0.0752. The maximum Gasteiger partial charge on any atom is 0.115 e. The van der Waals surface area contributed by atoms with Gasteiger partial charge in [0.2, 0.25) is 0 Å². The monoisotopic (exact) mass is 288 g/mol. The van der Waals surface area contributed by atoms with Crippen LogP contribution in [-0.2, 0) is 6.42 Å². The minimum atomic E-state index is 0.358. The average Bonchev–Trinajstić information content (AvgIpc) is 3.04. The largest absolute Gasteiger partial charge is 0.508 e. The zero-order valence-electron chi connectivity index (χ0n) is 13.2. The molecule has 0 aromatic heterocycles. The SMILES string of the molecule is CC(Cc1ccc(O)cc1)N1CCN(C2CCCC2)CC1. The van der Waals surface area contributed by atoms with Crippen molar-refractivity contribution in [3.05, 3.63) is 29.8 Å². The van der Waals surface area contributed by atoms with Crippen LogP contribution < -0.4 is 0 Å². The normalized spacial score (nSPS) is 23.5. The van der Waals surface area contributed by atoms with Crippen molar-refractivity contribution in [2.24, 2.45) is 0 Å². The molecule has 1 N–H and O–H groups in total. The van der Waals surface area contributed by atoms with Gasteiger partial charge in [0.15, 0.2) is 0 Å². The Bertz CT molecular complexity index is 431. The summed E-state index contributed by atoms with van der Waals surface area (Å²) < 4.78 is 0. The Morgan fingerprint density at radius 3 is 2.29 bits per heavy atom. The van der Waals surface area contributed by atoms with Gasteiger partial charge in [-0.15, -0.1) is 0 Å². The fraction of sp³-hybridized carbons (Fsp3) is 0.667. The molecular weight excluding hydrogens is 260 g/mol. The molecule has 2 aliphatic rings. The summed E-state index contributed by atoms with van der Waals surface area (Å²) in [5.41, 5.74) is 1.32. The van der Waals surface area contributed by atoms with Crippen LogP contribution in [0.15, 0.2) is 24.3 Å². The third kappa shape index (κ3) is 3.78. The molecule has 0 spiro atoms. The molecule has 1 aromatic carbocycles. The third-order valence-corrected chi connectivity index (χ3v) is 5.28. The maximum atomic E-state index is 9.36.